The second-order valence-electron chi connectivity index (χ2n) is 4.59. The number of hydrogen-bond acceptors (Lipinski definition) is 2. The Morgan fingerprint density at radius 3 is 2.40 bits per heavy atom. The number of nitrogens with zero attached hydrogens (tertiary/aromatic N) is 1. The van der Waals surface area contributed by atoms with Crippen molar-refractivity contribution in [2.75, 3.05) is 26.0 Å². The van der Waals surface area contributed by atoms with E-state index in [1.807, 2.05) is 0 Å². The van der Waals surface area contributed by atoms with Crippen molar-refractivity contribution in [2.24, 2.45) is 0 Å². The molecule has 1 aliphatic carbocycles. The van der Waals surface area contributed by atoms with Crippen molar-refractivity contribution in [3.63, 3.8) is 0 Å². The summed E-state index contributed by atoms with van der Waals surface area (Å²) in [5, 5.41) is 3.40. The number of carbonyl (C=O) groups is 1. The Kier molecular flexibility index (Phi) is 5.06. The molecule has 1 N–H and O–H groups in total. The predicted molar refractivity (Wildman–Crippen MR) is 66.3 cm³/mol. The van der Waals surface area contributed by atoms with Crippen LogP contribution in [0, 0.1) is 0 Å². The first-order valence-electron chi connectivity index (χ1n) is 5.61. The third-order valence-corrected chi connectivity index (χ3v) is 3.98. The number of nitrogens with one attached hydrogen (secondary N) is 1. The molecule has 0 saturated heterocycles. The van der Waals surface area contributed by atoms with Crippen LogP contribution in [0.2, 0.25) is 0 Å². The van der Waals surface area contributed by atoms with Gasteiger partial charge in [0.1, 0.15) is 0 Å². The first-order valence-corrected chi connectivity index (χ1v) is 6.73. The van der Waals surface area contributed by atoms with Crippen LogP contribution in [0.4, 0.5) is 0 Å². The topological polar surface area (TPSA) is 32.3 Å². The molecule has 3 nitrogen and oxygen atoms in total. The maximum Gasteiger partial charge on any atom is 0.230 e. The van der Waals surface area contributed by atoms with Crippen molar-refractivity contribution >= 4 is 21.8 Å². The Morgan fingerprint density at radius 1 is 1.33 bits per heavy atom. The molecule has 0 aromatic rings. The zero-order valence-electron chi connectivity index (χ0n) is 9.68. The first kappa shape index (κ1) is 13.0. The molecule has 0 spiro atoms. The fourth-order valence-corrected chi connectivity index (χ4v) is 2.50. The van der Waals surface area contributed by atoms with Crippen LogP contribution in [0.15, 0.2) is 0 Å². The van der Waals surface area contributed by atoms with Crippen molar-refractivity contribution in [2.45, 2.75) is 37.6 Å². The van der Waals surface area contributed by atoms with E-state index >= 15 is 0 Å². The highest BCUT2D eigenvalue weighted by atomic mass is 79.9. The zero-order chi connectivity index (χ0) is 11.3. The maximum atomic E-state index is 11.2. The highest BCUT2D eigenvalue weighted by Gasteiger charge is 2.34. The van der Waals surface area contributed by atoms with E-state index in [0.29, 0.717) is 5.33 Å². The van der Waals surface area contributed by atoms with Crippen LogP contribution in [0.1, 0.15) is 32.1 Å². The Hall–Kier alpha value is -0.0900. The molecule has 1 rings (SSSR count). The van der Waals surface area contributed by atoms with Gasteiger partial charge in [-0.05, 0) is 26.9 Å². The second-order valence-corrected chi connectivity index (χ2v) is 5.15. The lowest BCUT2D eigenvalue weighted by Gasteiger charge is -2.43. The fraction of sp³-hybridized carbons (Fsp3) is 0.909. The number of rotatable bonds is 4. The Bertz CT molecular complexity index is 213. The Labute approximate surface area is 101 Å². The van der Waals surface area contributed by atoms with E-state index in [4.69, 9.17) is 0 Å². The lowest BCUT2D eigenvalue weighted by molar-refractivity contribution is -0.119. The minimum absolute atomic E-state index is 0.0850. The van der Waals surface area contributed by atoms with Gasteiger partial charge in [0.15, 0.2) is 0 Å². The normalized spacial score (nSPS) is 20.3. The summed E-state index contributed by atoms with van der Waals surface area (Å²) in [4.78, 5) is 13.5. The summed E-state index contributed by atoms with van der Waals surface area (Å²) in [5.41, 5.74) is 0.191. The quantitative estimate of drug-likeness (QED) is 0.794. The lowest BCUT2D eigenvalue weighted by atomic mass is 9.80. The van der Waals surface area contributed by atoms with E-state index in [1.54, 1.807) is 0 Å². The summed E-state index contributed by atoms with van der Waals surface area (Å²) in [6, 6.07) is 0. The van der Waals surface area contributed by atoms with Gasteiger partial charge < -0.3 is 10.2 Å². The maximum absolute atomic E-state index is 11.2. The number of alkyl halides is 1. The molecule has 1 aliphatic rings. The number of likely N-dealkylation sites (N-methyl/N-ethyl adjacent to an activating group) is 1. The average Bonchev–Trinajstić information content (AvgIpc) is 2.27. The van der Waals surface area contributed by atoms with E-state index in [2.05, 4.69) is 40.2 Å². The van der Waals surface area contributed by atoms with Crippen molar-refractivity contribution in [1.29, 1.82) is 0 Å². The largest absolute Gasteiger partial charge is 0.354 e. The average molecular weight is 277 g/mol. The van der Waals surface area contributed by atoms with Crippen LogP contribution in [-0.4, -0.2) is 42.3 Å². The summed E-state index contributed by atoms with van der Waals surface area (Å²) in [6.07, 6.45) is 6.29. The summed E-state index contributed by atoms with van der Waals surface area (Å²) in [6.45, 7) is 0.782. The molecule has 1 fully saturated rings. The molecule has 0 aromatic heterocycles. The van der Waals surface area contributed by atoms with Gasteiger partial charge in [-0.2, -0.15) is 0 Å². The summed E-state index contributed by atoms with van der Waals surface area (Å²) >= 11 is 3.17. The van der Waals surface area contributed by atoms with Crippen LogP contribution in [0.3, 0.4) is 0 Å². The first-order chi connectivity index (χ1) is 7.10. The predicted octanol–water partition coefficient (Wildman–Crippen LogP) is 1.76. The van der Waals surface area contributed by atoms with Gasteiger partial charge >= 0.3 is 0 Å². The highest BCUT2D eigenvalue weighted by molar-refractivity contribution is 9.09. The summed E-state index contributed by atoms with van der Waals surface area (Å²) < 4.78 is 0. The van der Waals surface area contributed by atoms with E-state index in [0.717, 1.165) is 6.54 Å². The third-order valence-electron chi connectivity index (χ3n) is 3.47. The molecule has 88 valence electrons. The zero-order valence-corrected chi connectivity index (χ0v) is 11.3. The molecule has 0 aromatic carbocycles. The van der Waals surface area contributed by atoms with Crippen LogP contribution >= 0.6 is 15.9 Å². The Morgan fingerprint density at radius 2 is 1.93 bits per heavy atom. The van der Waals surface area contributed by atoms with Gasteiger partial charge in [0.2, 0.25) is 5.91 Å². The van der Waals surface area contributed by atoms with Crippen molar-refractivity contribution in [3.8, 4) is 0 Å². The van der Waals surface area contributed by atoms with Gasteiger partial charge in [-0.1, -0.05) is 35.2 Å². The van der Waals surface area contributed by atoms with Gasteiger partial charge in [0, 0.05) is 12.1 Å². The molecule has 0 unspecified atom stereocenters. The molecule has 0 aliphatic heterocycles. The smallest absolute Gasteiger partial charge is 0.230 e. The molecular formula is C11H21BrN2O. The number of amides is 1. The van der Waals surface area contributed by atoms with Gasteiger partial charge in [-0.15, -0.1) is 0 Å². The van der Waals surface area contributed by atoms with Gasteiger partial charge in [0.25, 0.3) is 0 Å². The Balaban J connectivity index is 2.53. The minimum atomic E-state index is 0.0850. The van der Waals surface area contributed by atoms with Gasteiger partial charge in [0.05, 0.1) is 5.33 Å². The lowest BCUT2D eigenvalue weighted by Crippen LogP contribution is -2.54. The molecule has 1 saturated carbocycles. The van der Waals surface area contributed by atoms with Crippen molar-refractivity contribution < 1.29 is 4.79 Å². The number of carbonyl (C=O) groups excluding carboxylic acids is 1. The van der Waals surface area contributed by atoms with Gasteiger partial charge in [-0.25, -0.2) is 0 Å². The van der Waals surface area contributed by atoms with Crippen LogP contribution in [0.5, 0.6) is 0 Å². The van der Waals surface area contributed by atoms with Crippen LogP contribution in [0.25, 0.3) is 0 Å². The molecule has 15 heavy (non-hydrogen) atoms. The molecule has 1 amide bonds. The van der Waals surface area contributed by atoms with E-state index in [9.17, 15) is 4.79 Å². The molecule has 0 atom stereocenters. The standard InChI is InChI=1S/C11H21BrN2O/c1-14(2)11(6-4-3-5-7-11)9-13-10(15)8-12/h3-9H2,1-2H3,(H,13,15). The van der Waals surface area contributed by atoms with Crippen molar-refractivity contribution in [3.05, 3.63) is 0 Å². The van der Waals surface area contributed by atoms with Crippen LogP contribution < -0.4 is 5.32 Å². The van der Waals surface area contributed by atoms with E-state index < -0.39 is 0 Å². The van der Waals surface area contributed by atoms with E-state index in [-0.39, 0.29) is 11.4 Å². The van der Waals surface area contributed by atoms with E-state index in [1.165, 1.54) is 32.1 Å². The third kappa shape index (κ3) is 3.45. The monoisotopic (exact) mass is 276 g/mol. The molecule has 0 radical (unpaired) electrons. The summed E-state index contributed by atoms with van der Waals surface area (Å²) in [5.74, 6) is 0.0850. The molecule has 0 bridgehead atoms. The number of hydrogen-bond donors (Lipinski definition) is 1. The van der Waals surface area contributed by atoms with Crippen LogP contribution in [-0.2, 0) is 4.79 Å². The minimum Gasteiger partial charge on any atom is -0.354 e. The van der Waals surface area contributed by atoms with Gasteiger partial charge in [-0.3, -0.25) is 4.79 Å². The van der Waals surface area contributed by atoms with Crippen molar-refractivity contribution in [1.82, 2.24) is 10.2 Å². The molecular weight excluding hydrogens is 256 g/mol. The SMILES string of the molecule is CN(C)C1(CNC(=O)CBr)CCCCC1. The summed E-state index contributed by atoms with van der Waals surface area (Å²) in [7, 11) is 4.23. The highest BCUT2D eigenvalue weighted by Crippen LogP contribution is 2.31. The number of halogens is 1. The molecule has 4 heteroatoms. The molecule has 0 heterocycles. The fourth-order valence-electron chi connectivity index (χ4n) is 2.30. The second kappa shape index (κ2) is 5.85.